The molecular formula is C16H19N3O5S. The fourth-order valence-corrected chi connectivity index (χ4v) is 3.89. The van der Waals surface area contributed by atoms with E-state index >= 15 is 0 Å². The molecule has 1 N–H and O–H groups in total. The van der Waals surface area contributed by atoms with Crippen LogP contribution < -0.4 is 10.9 Å². The van der Waals surface area contributed by atoms with Gasteiger partial charge in [-0.25, -0.2) is 9.78 Å². The van der Waals surface area contributed by atoms with E-state index in [0.29, 0.717) is 40.4 Å². The lowest BCUT2D eigenvalue weighted by Crippen LogP contribution is -2.31. The number of fused-ring (bicyclic) bond motifs is 2. The second-order valence-electron chi connectivity index (χ2n) is 5.74. The van der Waals surface area contributed by atoms with Gasteiger partial charge in [0.2, 0.25) is 0 Å². The number of methoxy groups -OCH3 is 1. The third kappa shape index (κ3) is 3.42. The summed E-state index contributed by atoms with van der Waals surface area (Å²) in [5.74, 6) is -0.260. The van der Waals surface area contributed by atoms with Crippen LogP contribution in [0.5, 0.6) is 0 Å². The van der Waals surface area contributed by atoms with Crippen molar-refractivity contribution >= 4 is 33.4 Å². The summed E-state index contributed by atoms with van der Waals surface area (Å²) in [5.41, 5.74) is 0.451. The lowest BCUT2D eigenvalue weighted by atomic mass is 10.2. The average molecular weight is 365 g/mol. The lowest BCUT2D eigenvalue weighted by Gasteiger charge is -2.05. The number of esters is 1. The van der Waals surface area contributed by atoms with Gasteiger partial charge in [-0.2, -0.15) is 0 Å². The van der Waals surface area contributed by atoms with Crippen LogP contribution in [0.3, 0.4) is 0 Å². The summed E-state index contributed by atoms with van der Waals surface area (Å²) in [4.78, 5) is 41.8. The summed E-state index contributed by atoms with van der Waals surface area (Å²) in [5, 5.41) is 3.03. The maximum Gasteiger partial charge on any atom is 0.349 e. The van der Waals surface area contributed by atoms with Crippen molar-refractivity contribution in [1.29, 1.82) is 0 Å². The van der Waals surface area contributed by atoms with E-state index in [-0.39, 0.29) is 12.2 Å². The van der Waals surface area contributed by atoms with Crippen molar-refractivity contribution in [3.05, 3.63) is 26.6 Å². The quantitative estimate of drug-likeness (QED) is 0.595. The van der Waals surface area contributed by atoms with Gasteiger partial charge >= 0.3 is 5.97 Å². The molecule has 0 atom stereocenters. The Bertz CT molecular complexity index is 886. The van der Waals surface area contributed by atoms with Crippen LogP contribution in [-0.4, -0.2) is 48.3 Å². The fourth-order valence-electron chi connectivity index (χ4n) is 2.81. The lowest BCUT2D eigenvalue weighted by molar-refractivity contribution is -0.124. The van der Waals surface area contributed by atoms with E-state index in [0.717, 1.165) is 30.0 Å². The molecule has 8 nitrogen and oxygen atoms in total. The van der Waals surface area contributed by atoms with Crippen molar-refractivity contribution < 1.29 is 19.1 Å². The molecule has 2 aromatic heterocycles. The van der Waals surface area contributed by atoms with Crippen LogP contribution in [0.2, 0.25) is 0 Å². The Labute approximate surface area is 147 Å². The number of aromatic nitrogens is 2. The van der Waals surface area contributed by atoms with E-state index in [1.54, 1.807) is 11.5 Å². The molecule has 1 aliphatic rings. The van der Waals surface area contributed by atoms with Crippen molar-refractivity contribution in [2.24, 2.45) is 0 Å². The molecule has 0 radical (unpaired) electrons. The Morgan fingerprint density at radius 3 is 2.96 bits per heavy atom. The van der Waals surface area contributed by atoms with E-state index < -0.39 is 11.9 Å². The molecule has 134 valence electrons. The molecule has 9 heteroatoms. The first kappa shape index (κ1) is 17.6. The highest BCUT2D eigenvalue weighted by Crippen LogP contribution is 2.29. The number of carbonyl (C=O) groups is 2. The summed E-state index contributed by atoms with van der Waals surface area (Å²) >= 11 is 1.13. The monoisotopic (exact) mass is 365 g/mol. The summed E-state index contributed by atoms with van der Waals surface area (Å²) in [6, 6.07) is 0. The first-order valence-electron chi connectivity index (χ1n) is 7.98. The van der Waals surface area contributed by atoms with Gasteiger partial charge in [-0.05, 0) is 18.9 Å². The zero-order valence-corrected chi connectivity index (χ0v) is 14.9. The van der Waals surface area contributed by atoms with Crippen LogP contribution in [0.4, 0.5) is 0 Å². The van der Waals surface area contributed by atoms with Gasteiger partial charge in [0.1, 0.15) is 15.5 Å². The Morgan fingerprint density at radius 2 is 2.20 bits per heavy atom. The minimum absolute atomic E-state index is 0.109. The Hall–Kier alpha value is -2.26. The normalized spacial score (nSPS) is 13.0. The molecule has 0 bridgehead atoms. The van der Waals surface area contributed by atoms with E-state index in [1.807, 2.05) is 0 Å². The van der Waals surface area contributed by atoms with Gasteiger partial charge in [0, 0.05) is 26.6 Å². The first-order valence-corrected chi connectivity index (χ1v) is 8.80. The highest BCUT2D eigenvalue weighted by Gasteiger charge is 2.24. The van der Waals surface area contributed by atoms with Crippen molar-refractivity contribution in [2.75, 3.05) is 26.9 Å². The molecule has 0 saturated heterocycles. The third-order valence-corrected chi connectivity index (χ3v) is 5.23. The van der Waals surface area contributed by atoms with Crippen molar-refractivity contribution in [3.8, 4) is 0 Å². The number of ether oxygens (including phenoxy) is 2. The van der Waals surface area contributed by atoms with Crippen molar-refractivity contribution in [2.45, 2.75) is 26.3 Å². The highest BCUT2D eigenvalue weighted by molar-refractivity contribution is 7.20. The number of hydrogen-bond donors (Lipinski definition) is 1. The van der Waals surface area contributed by atoms with Crippen LogP contribution >= 0.6 is 11.3 Å². The van der Waals surface area contributed by atoms with E-state index in [9.17, 15) is 14.4 Å². The zero-order valence-electron chi connectivity index (χ0n) is 14.1. The molecule has 0 unspecified atom stereocenters. The number of nitrogens with one attached hydrogen (secondary N) is 1. The Kier molecular flexibility index (Phi) is 5.14. The smallest absolute Gasteiger partial charge is 0.349 e. The number of carbonyl (C=O) groups excluding carboxylic acids is 2. The predicted octanol–water partition coefficient (Wildman–Crippen LogP) is 0.632. The molecule has 0 saturated carbocycles. The van der Waals surface area contributed by atoms with Crippen LogP contribution in [0.25, 0.3) is 10.2 Å². The molecular weight excluding hydrogens is 346 g/mol. The minimum Gasteiger partial charge on any atom is -0.451 e. The van der Waals surface area contributed by atoms with E-state index in [1.165, 1.54) is 7.11 Å². The van der Waals surface area contributed by atoms with Crippen LogP contribution in [0.1, 0.15) is 27.5 Å². The van der Waals surface area contributed by atoms with Gasteiger partial charge in [-0.15, -0.1) is 11.3 Å². The number of amides is 1. The first-order chi connectivity index (χ1) is 12.0. The summed E-state index contributed by atoms with van der Waals surface area (Å²) in [6.45, 7) is 2.72. The Morgan fingerprint density at radius 1 is 1.40 bits per heavy atom. The topological polar surface area (TPSA) is 99.5 Å². The molecule has 25 heavy (non-hydrogen) atoms. The number of nitrogens with zero attached hydrogens (tertiary/aromatic N) is 2. The average Bonchev–Trinajstić information content (AvgIpc) is 3.18. The molecule has 3 rings (SSSR count). The second kappa shape index (κ2) is 7.32. The fraction of sp³-hybridized carbons (Fsp3) is 0.500. The molecule has 2 aromatic rings. The molecule has 0 aromatic carbocycles. The minimum atomic E-state index is -0.619. The number of aryl methyl sites for hydroxylation is 2. The predicted molar refractivity (Wildman–Crippen MR) is 92.1 cm³/mol. The molecule has 0 aliphatic carbocycles. The maximum absolute atomic E-state index is 12.6. The molecule has 3 heterocycles. The standard InChI is InChI=1S/C16H19N3O5S/c1-9-12-14(18-10-4-3-6-19(10)15(12)21)25-13(9)16(22)24-8-11(20)17-5-7-23-2/h3-8H2,1-2H3,(H,17,20). The Balaban J connectivity index is 1.76. The van der Waals surface area contributed by atoms with E-state index in [2.05, 4.69) is 10.3 Å². The van der Waals surface area contributed by atoms with Crippen molar-refractivity contribution in [1.82, 2.24) is 14.9 Å². The molecule has 0 spiro atoms. The van der Waals surface area contributed by atoms with Gasteiger partial charge in [0.05, 0.1) is 12.0 Å². The number of thiophene rings is 1. The molecule has 0 fully saturated rings. The molecule has 1 amide bonds. The van der Waals surface area contributed by atoms with Crippen LogP contribution in [-0.2, 0) is 27.2 Å². The largest absolute Gasteiger partial charge is 0.451 e. The van der Waals surface area contributed by atoms with Gasteiger partial charge in [-0.3, -0.25) is 14.2 Å². The summed E-state index contributed by atoms with van der Waals surface area (Å²) in [6.07, 6.45) is 1.68. The second-order valence-corrected chi connectivity index (χ2v) is 6.74. The van der Waals surface area contributed by atoms with Crippen molar-refractivity contribution in [3.63, 3.8) is 0 Å². The van der Waals surface area contributed by atoms with Gasteiger partial charge in [-0.1, -0.05) is 0 Å². The van der Waals surface area contributed by atoms with E-state index in [4.69, 9.17) is 9.47 Å². The van der Waals surface area contributed by atoms with Gasteiger partial charge in [0.25, 0.3) is 11.5 Å². The highest BCUT2D eigenvalue weighted by atomic mass is 32.1. The number of hydrogen-bond acceptors (Lipinski definition) is 7. The SMILES string of the molecule is COCCNC(=O)COC(=O)c1sc2nc3n(c(=O)c2c1C)CCC3. The van der Waals surface area contributed by atoms with Gasteiger partial charge < -0.3 is 14.8 Å². The van der Waals surface area contributed by atoms with Crippen LogP contribution in [0, 0.1) is 6.92 Å². The third-order valence-electron chi connectivity index (χ3n) is 4.06. The number of rotatable bonds is 6. The van der Waals surface area contributed by atoms with Crippen LogP contribution in [0.15, 0.2) is 4.79 Å². The molecule has 1 aliphatic heterocycles. The van der Waals surface area contributed by atoms with Gasteiger partial charge in [0.15, 0.2) is 6.61 Å². The summed E-state index contributed by atoms with van der Waals surface area (Å²) < 4.78 is 11.5. The maximum atomic E-state index is 12.6. The zero-order chi connectivity index (χ0) is 18.0. The summed E-state index contributed by atoms with van der Waals surface area (Å²) in [7, 11) is 1.53.